The molecular formula is C34H66N2O2S. The van der Waals surface area contributed by atoms with Crippen LogP contribution in [-0.4, -0.2) is 41.3 Å². The number of hydrogen-bond acceptors (Lipinski definition) is 3. The maximum atomic E-state index is 13.1. The third-order valence-corrected chi connectivity index (χ3v) is 8.57. The predicted octanol–water partition coefficient (Wildman–Crippen LogP) is 9.99. The molecule has 5 heteroatoms. The Bertz CT molecular complexity index is 569. The summed E-state index contributed by atoms with van der Waals surface area (Å²) in [6.07, 6.45) is 34.5. The molecule has 2 N–H and O–H groups in total. The molecule has 0 aliphatic heterocycles. The van der Waals surface area contributed by atoms with Crippen LogP contribution in [-0.2, 0) is 9.59 Å². The van der Waals surface area contributed by atoms with Crippen LogP contribution in [0.1, 0.15) is 167 Å². The summed E-state index contributed by atoms with van der Waals surface area (Å²) in [6.45, 7) is 6.73. The number of nitrogens with two attached hydrogens (primary N) is 1. The molecule has 1 unspecified atom stereocenters. The highest BCUT2D eigenvalue weighted by Gasteiger charge is 2.27. The van der Waals surface area contributed by atoms with Crippen LogP contribution in [0.15, 0.2) is 12.7 Å². The van der Waals surface area contributed by atoms with E-state index in [0.717, 1.165) is 37.9 Å². The van der Waals surface area contributed by atoms with Crippen LogP contribution >= 0.6 is 11.8 Å². The quantitative estimate of drug-likeness (QED) is 0.0670. The van der Waals surface area contributed by atoms with Gasteiger partial charge < -0.3 is 10.6 Å². The van der Waals surface area contributed by atoms with Crippen molar-refractivity contribution in [1.29, 1.82) is 0 Å². The molecule has 4 nitrogen and oxygen atoms in total. The van der Waals surface area contributed by atoms with E-state index >= 15 is 0 Å². The molecule has 0 aromatic carbocycles. The molecule has 39 heavy (non-hydrogen) atoms. The minimum Gasteiger partial charge on any atom is -0.368 e. The Hall–Kier alpha value is -0.970. The monoisotopic (exact) mass is 566 g/mol. The van der Waals surface area contributed by atoms with Gasteiger partial charge >= 0.3 is 0 Å². The van der Waals surface area contributed by atoms with E-state index < -0.39 is 6.04 Å². The maximum Gasteiger partial charge on any atom is 0.240 e. The fraction of sp³-hybridized carbons (Fsp3) is 0.882. The molecule has 230 valence electrons. The maximum absolute atomic E-state index is 13.1. The highest BCUT2D eigenvalue weighted by molar-refractivity contribution is 7.98. The molecule has 0 fully saturated rings. The SMILES string of the molecule is C=CCCCCCCCCC(=O)N(CCCCCCCCCCCCCCCCCC)C(CCSC)C(N)=O. The normalized spacial score (nSPS) is 11.9. The van der Waals surface area contributed by atoms with E-state index in [0.29, 0.717) is 19.4 Å². The van der Waals surface area contributed by atoms with Gasteiger partial charge in [-0.3, -0.25) is 9.59 Å². The number of rotatable bonds is 31. The van der Waals surface area contributed by atoms with Crippen molar-refractivity contribution in [3.63, 3.8) is 0 Å². The van der Waals surface area contributed by atoms with E-state index in [1.165, 1.54) is 116 Å². The lowest BCUT2D eigenvalue weighted by Crippen LogP contribution is -2.48. The minimum absolute atomic E-state index is 0.118. The zero-order chi connectivity index (χ0) is 28.8. The van der Waals surface area contributed by atoms with E-state index in [1.54, 1.807) is 11.8 Å². The topological polar surface area (TPSA) is 63.4 Å². The van der Waals surface area contributed by atoms with Gasteiger partial charge in [0.15, 0.2) is 0 Å². The van der Waals surface area contributed by atoms with Crippen molar-refractivity contribution in [2.24, 2.45) is 5.73 Å². The number of carbonyl (C=O) groups excluding carboxylic acids is 2. The number of allylic oxidation sites excluding steroid dienone is 1. The first kappa shape index (κ1) is 38.0. The standard InChI is InChI=1S/C34H66N2O2S/c1-4-6-8-10-12-14-15-16-17-18-19-20-21-23-25-27-30-36(32(34(35)38)29-31-39-3)33(37)28-26-24-22-13-11-9-7-5-2/h5,32H,2,4,6-31H2,1,3H3,(H2,35,38). The van der Waals surface area contributed by atoms with E-state index in [1.807, 2.05) is 17.2 Å². The minimum atomic E-state index is -0.458. The Morgan fingerprint density at radius 3 is 1.59 bits per heavy atom. The number of hydrogen-bond donors (Lipinski definition) is 1. The molecule has 0 saturated heterocycles. The van der Waals surface area contributed by atoms with Gasteiger partial charge in [-0.2, -0.15) is 11.8 Å². The fourth-order valence-corrected chi connectivity index (χ4v) is 5.84. The lowest BCUT2D eigenvalue weighted by molar-refractivity contribution is -0.139. The van der Waals surface area contributed by atoms with E-state index in [-0.39, 0.29) is 11.8 Å². The van der Waals surface area contributed by atoms with Gasteiger partial charge in [0.2, 0.25) is 11.8 Å². The first-order valence-electron chi connectivity index (χ1n) is 16.8. The van der Waals surface area contributed by atoms with Crippen LogP contribution < -0.4 is 5.73 Å². The predicted molar refractivity (Wildman–Crippen MR) is 174 cm³/mol. The number of thioether (sulfide) groups is 1. The highest BCUT2D eigenvalue weighted by atomic mass is 32.2. The average molecular weight is 567 g/mol. The number of amides is 2. The average Bonchev–Trinajstić information content (AvgIpc) is 2.92. The third-order valence-electron chi connectivity index (χ3n) is 7.92. The Morgan fingerprint density at radius 2 is 1.15 bits per heavy atom. The number of carbonyl (C=O) groups is 2. The summed E-state index contributed by atoms with van der Waals surface area (Å²) in [5, 5.41) is 0. The lowest BCUT2D eigenvalue weighted by atomic mass is 10.0. The Morgan fingerprint density at radius 1 is 0.718 bits per heavy atom. The van der Waals surface area contributed by atoms with Gasteiger partial charge in [-0.25, -0.2) is 0 Å². The molecule has 1 atom stereocenters. The highest BCUT2D eigenvalue weighted by Crippen LogP contribution is 2.17. The smallest absolute Gasteiger partial charge is 0.240 e. The van der Waals surface area contributed by atoms with Crippen molar-refractivity contribution in [2.75, 3.05) is 18.6 Å². The van der Waals surface area contributed by atoms with Crippen molar-refractivity contribution in [3.05, 3.63) is 12.7 Å². The third kappa shape index (κ3) is 24.5. The van der Waals surface area contributed by atoms with Crippen LogP contribution in [0, 0.1) is 0 Å². The largest absolute Gasteiger partial charge is 0.368 e. The Kier molecular flexibility index (Phi) is 29.3. The van der Waals surface area contributed by atoms with Crippen molar-refractivity contribution >= 4 is 23.6 Å². The van der Waals surface area contributed by atoms with Crippen LogP contribution in [0.25, 0.3) is 0 Å². The molecule has 2 amide bonds. The molecule has 0 saturated carbocycles. The van der Waals surface area contributed by atoms with E-state index in [2.05, 4.69) is 13.5 Å². The van der Waals surface area contributed by atoms with Crippen LogP contribution in [0.2, 0.25) is 0 Å². The van der Waals surface area contributed by atoms with E-state index in [4.69, 9.17) is 5.73 Å². The number of nitrogens with zero attached hydrogens (tertiary/aromatic N) is 1. The second-order valence-corrected chi connectivity index (χ2v) is 12.5. The fourth-order valence-electron chi connectivity index (χ4n) is 5.38. The van der Waals surface area contributed by atoms with Crippen molar-refractivity contribution < 1.29 is 9.59 Å². The summed E-state index contributed by atoms with van der Waals surface area (Å²) >= 11 is 1.71. The molecular weight excluding hydrogens is 500 g/mol. The van der Waals surface area contributed by atoms with Gasteiger partial charge in [0.25, 0.3) is 0 Å². The summed E-state index contributed by atoms with van der Waals surface area (Å²) in [5.74, 6) is 0.616. The van der Waals surface area contributed by atoms with Crippen molar-refractivity contribution in [1.82, 2.24) is 4.90 Å². The molecule has 0 radical (unpaired) electrons. The molecule has 0 aromatic rings. The molecule has 0 aliphatic rings. The number of unbranched alkanes of at least 4 members (excludes halogenated alkanes) is 21. The summed E-state index contributed by atoms with van der Waals surface area (Å²) in [7, 11) is 0. The van der Waals surface area contributed by atoms with Gasteiger partial charge in [-0.1, -0.05) is 135 Å². The Balaban J connectivity index is 4.11. The first-order valence-corrected chi connectivity index (χ1v) is 18.2. The summed E-state index contributed by atoms with van der Waals surface area (Å²) in [5.41, 5.74) is 5.76. The van der Waals surface area contributed by atoms with Crippen LogP contribution in [0.5, 0.6) is 0 Å². The van der Waals surface area contributed by atoms with Crippen molar-refractivity contribution in [2.45, 2.75) is 173 Å². The molecule has 0 rings (SSSR count). The van der Waals surface area contributed by atoms with Gasteiger partial charge in [0.05, 0.1) is 0 Å². The second kappa shape index (κ2) is 30.0. The second-order valence-electron chi connectivity index (χ2n) is 11.5. The van der Waals surface area contributed by atoms with Gasteiger partial charge in [-0.15, -0.1) is 6.58 Å². The van der Waals surface area contributed by atoms with Gasteiger partial charge in [0.1, 0.15) is 6.04 Å². The van der Waals surface area contributed by atoms with Crippen LogP contribution in [0.4, 0.5) is 0 Å². The molecule has 0 heterocycles. The number of primary amides is 1. The van der Waals surface area contributed by atoms with E-state index in [9.17, 15) is 9.59 Å². The van der Waals surface area contributed by atoms with Gasteiger partial charge in [-0.05, 0) is 44.1 Å². The lowest BCUT2D eigenvalue weighted by Gasteiger charge is -2.30. The van der Waals surface area contributed by atoms with Gasteiger partial charge in [0, 0.05) is 13.0 Å². The molecule has 0 bridgehead atoms. The molecule has 0 aromatic heterocycles. The first-order chi connectivity index (χ1) is 19.1. The zero-order valence-corrected chi connectivity index (χ0v) is 27.0. The van der Waals surface area contributed by atoms with Crippen LogP contribution in [0.3, 0.4) is 0 Å². The molecule has 0 aliphatic carbocycles. The summed E-state index contributed by atoms with van der Waals surface area (Å²) in [6, 6.07) is -0.458. The summed E-state index contributed by atoms with van der Waals surface area (Å²) in [4.78, 5) is 27.2. The molecule has 0 spiro atoms. The summed E-state index contributed by atoms with van der Waals surface area (Å²) < 4.78 is 0. The Labute approximate surface area is 248 Å². The van der Waals surface area contributed by atoms with Crippen molar-refractivity contribution in [3.8, 4) is 0 Å². The zero-order valence-electron chi connectivity index (χ0n) is 26.2.